The predicted octanol–water partition coefficient (Wildman–Crippen LogP) is 3.16. The molecule has 0 radical (unpaired) electrons. The predicted molar refractivity (Wildman–Crippen MR) is 84.9 cm³/mol. The molecule has 4 nitrogen and oxygen atoms in total. The molecule has 0 bridgehead atoms. The van der Waals surface area contributed by atoms with Crippen molar-refractivity contribution in [3.63, 3.8) is 0 Å². The first-order valence-electron chi connectivity index (χ1n) is 6.91. The zero-order valence-corrected chi connectivity index (χ0v) is 11.9. The Bertz CT molecular complexity index is 1070. The van der Waals surface area contributed by atoms with Gasteiger partial charge in [-0.1, -0.05) is 18.2 Å². The Morgan fingerprint density at radius 2 is 2.14 bits per heavy atom. The Hall–Kier alpha value is -2.40. The smallest absolute Gasteiger partial charge is 0.271 e. The minimum absolute atomic E-state index is 0.0781. The maximum atomic E-state index is 12.6. The topological polar surface area (TPSA) is 50.7 Å². The lowest BCUT2D eigenvalue weighted by molar-refractivity contribution is 0.654. The van der Waals surface area contributed by atoms with Crippen molar-refractivity contribution in [2.45, 2.75) is 13.0 Å². The van der Waals surface area contributed by atoms with Crippen molar-refractivity contribution < 1.29 is 0 Å². The number of aromatic amines is 1. The average molecular weight is 293 g/mol. The SMILES string of the molecule is O=c1c2sccc2nc2n1CCc1c-2[nH]c2ccccc12. The lowest BCUT2D eigenvalue weighted by Gasteiger charge is -2.17. The van der Waals surface area contributed by atoms with Crippen LogP contribution in [0.15, 0.2) is 40.5 Å². The standard InChI is InChI=1S/C16H11N3OS/c20-16-14-12(6-8-21-14)18-15-13-10(5-7-19(15)16)9-3-1-2-4-11(9)17-13/h1-4,6,8,17H,5,7H2. The van der Waals surface area contributed by atoms with Gasteiger partial charge < -0.3 is 4.98 Å². The lowest BCUT2D eigenvalue weighted by Crippen LogP contribution is -2.26. The zero-order valence-electron chi connectivity index (χ0n) is 11.1. The van der Waals surface area contributed by atoms with Crippen molar-refractivity contribution >= 4 is 32.5 Å². The van der Waals surface area contributed by atoms with Crippen molar-refractivity contribution in [2.75, 3.05) is 0 Å². The van der Waals surface area contributed by atoms with E-state index in [1.165, 1.54) is 22.3 Å². The van der Waals surface area contributed by atoms with Gasteiger partial charge >= 0.3 is 0 Å². The number of aryl methyl sites for hydroxylation is 1. The van der Waals surface area contributed by atoms with E-state index in [2.05, 4.69) is 17.1 Å². The highest BCUT2D eigenvalue weighted by Gasteiger charge is 2.23. The zero-order chi connectivity index (χ0) is 14.0. The summed E-state index contributed by atoms with van der Waals surface area (Å²) in [5.41, 5.74) is 4.24. The highest BCUT2D eigenvalue weighted by molar-refractivity contribution is 7.17. The second-order valence-corrected chi connectivity index (χ2v) is 6.22. The summed E-state index contributed by atoms with van der Waals surface area (Å²) < 4.78 is 2.55. The van der Waals surface area contributed by atoms with E-state index < -0.39 is 0 Å². The molecule has 0 aliphatic carbocycles. The van der Waals surface area contributed by atoms with Gasteiger partial charge in [-0.25, -0.2) is 4.98 Å². The van der Waals surface area contributed by atoms with E-state index in [1.54, 1.807) is 4.57 Å². The average Bonchev–Trinajstić information content (AvgIpc) is 3.11. The summed E-state index contributed by atoms with van der Waals surface area (Å²) in [6.07, 6.45) is 0.866. The van der Waals surface area contributed by atoms with Crippen LogP contribution in [0.1, 0.15) is 5.56 Å². The number of nitrogens with one attached hydrogen (secondary N) is 1. The van der Waals surface area contributed by atoms with Gasteiger partial charge in [-0.05, 0) is 29.5 Å². The third-order valence-electron chi connectivity index (χ3n) is 4.19. The van der Waals surface area contributed by atoms with Crippen LogP contribution in [0.25, 0.3) is 32.6 Å². The van der Waals surface area contributed by atoms with Crippen molar-refractivity contribution in [3.05, 3.63) is 51.6 Å². The Labute approximate surface area is 123 Å². The fourth-order valence-electron chi connectivity index (χ4n) is 3.22. The number of benzene rings is 1. The van der Waals surface area contributed by atoms with Gasteiger partial charge in [0.15, 0.2) is 5.82 Å². The van der Waals surface area contributed by atoms with E-state index in [9.17, 15) is 4.79 Å². The van der Waals surface area contributed by atoms with Crippen molar-refractivity contribution in [3.8, 4) is 11.5 Å². The minimum atomic E-state index is 0.0781. The molecule has 21 heavy (non-hydrogen) atoms. The van der Waals surface area contributed by atoms with Crippen LogP contribution < -0.4 is 5.56 Å². The van der Waals surface area contributed by atoms with Gasteiger partial charge in [0.1, 0.15) is 4.70 Å². The molecule has 1 aliphatic rings. The molecule has 0 saturated carbocycles. The maximum Gasteiger partial charge on any atom is 0.271 e. The van der Waals surface area contributed by atoms with E-state index in [4.69, 9.17) is 4.98 Å². The van der Waals surface area contributed by atoms with Crippen molar-refractivity contribution in [2.24, 2.45) is 0 Å². The Kier molecular flexibility index (Phi) is 2.06. The Morgan fingerprint density at radius 3 is 3.10 bits per heavy atom. The van der Waals surface area contributed by atoms with Gasteiger partial charge in [0.25, 0.3) is 5.56 Å². The van der Waals surface area contributed by atoms with Crippen LogP contribution in [-0.4, -0.2) is 14.5 Å². The highest BCUT2D eigenvalue weighted by atomic mass is 32.1. The first-order chi connectivity index (χ1) is 10.3. The van der Waals surface area contributed by atoms with Crippen LogP contribution in [0.5, 0.6) is 0 Å². The molecule has 0 unspecified atom stereocenters. The number of aromatic nitrogens is 3. The summed E-state index contributed by atoms with van der Waals surface area (Å²) in [5.74, 6) is 0.767. The van der Waals surface area contributed by atoms with E-state index >= 15 is 0 Å². The van der Waals surface area contributed by atoms with E-state index in [0.717, 1.165) is 33.7 Å². The fraction of sp³-hybridized carbons (Fsp3) is 0.125. The summed E-state index contributed by atoms with van der Waals surface area (Å²) in [6.45, 7) is 0.698. The first-order valence-corrected chi connectivity index (χ1v) is 7.79. The molecule has 0 atom stereocenters. The number of nitrogens with zero attached hydrogens (tertiary/aromatic N) is 2. The van der Waals surface area contributed by atoms with Crippen molar-refractivity contribution in [1.82, 2.24) is 14.5 Å². The molecule has 0 spiro atoms. The molecular weight excluding hydrogens is 282 g/mol. The number of hydrogen-bond acceptors (Lipinski definition) is 3. The molecule has 4 aromatic rings. The monoisotopic (exact) mass is 293 g/mol. The molecule has 0 fully saturated rings. The van der Waals surface area contributed by atoms with Crippen molar-refractivity contribution in [1.29, 1.82) is 0 Å². The Morgan fingerprint density at radius 1 is 1.24 bits per heavy atom. The molecule has 5 rings (SSSR count). The van der Waals surface area contributed by atoms with Gasteiger partial charge in [0, 0.05) is 17.4 Å². The summed E-state index contributed by atoms with van der Waals surface area (Å²) in [4.78, 5) is 20.7. The van der Waals surface area contributed by atoms with Crippen LogP contribution in [0, 0.1) is 0 Å². The molecule has 1 aliphatic heterocycles. The largest absolute Gasteiger partial charge is 0.352 e. The first kappa shape index (κ1) is 11.3. The number of thiophene rings is 1. The maximum absolute atomic E-state index is 12.6. The number of H-pyrrole nitrogens is 1. The summed E-state index contributed by atoms with van der Waals surface area (Å²) in [6, 6.07) is 10.2. The summed E-state index contributed by atoms with van der Waals surface area (Å²) in [5, 5.41) is 3.16. The second kappa shape index (κ2) is 3.83. The number of rotatable bonds is 0. The van der Waals surface area contributed by atoms with Crippen LogP contribution in [0.4, 0.5) is 0 Å². The molecular formula is C16H11N3OS. The Balaban J connectivity index is 1.94. The normalized spacial score (nSPS) is 13.5. The number of para-hydroxylation sites is 1. The third-order valence-corrected chi connectivity index (χ3v) is 5.08. The van der Waals surface area contributed by atoms with E-state index in [-0.39, 0.29) is 5.56 Å². The molecule has 5 heteroatoms. The highest BCUT2D eigenvalue weighted by Crippen LogP contribution is 2.33. The molecule has 0 amide bonds. The van der Waals surface area contributed by atoms with Gasteiger partial charge in [0.2, 0.25) is 0 Å². The van der Waals surface area contributed by atoms with E-state index in [0.29, 0.717) is 6.54 Å². The van der Waals surface area contributed by atoms with Crippen LogP contribution in [0.2, 0.25) is 0 Å². The molecule has 0 saturated heterocycles. The molecule has 3 aromatic heterocycles. The van der Waals surface area contributed by atoms with Gasteiger partial charge in [-0.15, -0.1) is 11.3 Å². The summed E-state index contributed by atoms with van der Waals surface area (Å²) >= 11 is 1.47. The van der Waals surface area contributed by atoms with Gasteiger partial charge in [-0.2, -0.15) is 0 Å². The second-order valence-electron chi connectivity index (χ2n) is 5.30. The number of hydrogen-bond donors (Lipinski definition) is 1. The minimum Gasteiger partial charge on any atom is -0.352 e. The van der Waals surface area contributed by atoms with Crippen LogP contribution in [-0.2, 0) is 13.0 Å². The lowest BCUT2D eigenvalue weighted by atomic mass is 10.0. The quantitative estimate of drug-likeness (QED) is 0.541. The molecule has 1 N–H and O–H groups in total. The van der Waals surface area contributed by atoms with Gasteiger partial charge in [0.05, 0.1) is 11.2 Å². The summed E-state index contributed by atoms with van der Waals surface area (Å²) in [7, 11) is 0. The van der Waals surface area contributed by atoms with Crippen LogP contribution in [0.3, 0.4) is 0 Å². The molecule has 4 heterocycles. The number of fused-ring (bicyclic) bond motifs is 6. The van der Waals surface area contributed by atoms with E-state index in [1.807, 2.05) is 23.6 Å². The molecule has 1 aromatic carbocycles. The fourth-order valence-corrected chi connectivity index (χ4v) is 3.99. The van der Waals surface area contributed by atoms with Gasteiger partial charge in [-0.3, -0.25) is 9.36 Å². The van der Waals surface area contributed by atoms with Crippen LogP contribution >= 0.6 is 11.3 Å². The molecule has 102 valence electrons. The third kappa shape index (κ3) is 1.39.